The topological polar surface area (TPSA) is 50.7 Å². The van der Waals surface area contributed by atoms with Gasteiger partial charge in [0.05, 0.1) is 6.21 Å². The minimum Gasteiger partial charge on any atom is -0.386 e. The second-order valence-corrected chi connectivity index (χ2v) is 5.75. The first-order chi connectivity index (χ1) is 11.2. The Balaban J connectivity index is 1.49. The maximum Gasteiger partial charge on any atom is 0.265 e. The number of oxime groups is 1. The van der Waals surface area contributed by atoms with Crippen molar-refractivity contribution in [3.05, 3.63) is 64.7 Å². The van der Waals surface area contributed by atoms with Crippen molar-refractivity contribution in [2.75, 3.05) is 11.9 Å². The Kier molecular flexibility index (Phi) is 4.71. The molecule has 4 nitrogen and oxygen atoms in total. The van der Waals surface area contributed by atoms with E-state index in [-0.39, 0.29) is 12.5 Å². The van der Waals surface area contributed by atoms with E-state index in [4.69, 9.17) is 4.84 Å². The van der Waals surface area contributed by atoms with Crippen LogP contribution in [0.15, 0.2) is 47.6 Å². The van der Waals surface area contributed by atoms with Crippen molar-refractivity contribution in [2.45, 2.75) is 26.2 Å². The largest absolute Gasteiger partial charge is 0.386 e. The van der Waals surface area contributed by atoms with Crippen LogP contribution in [0.1, 0.15) is 28.7 Å². The Morgan fingerprint density at radius 3 is 2.91 bits per heavy atom. The van der Waals surface area contributed by atoms with Gasteiger partial charge in [-0.25, -0.2) is 0 Å². The van der Waals surface area contributed by atoms with Crippen LogP contribution in [0.25, 0.3) is 0 Å². The summed E-state index contributed by atoms with van der Waals surface area (Å²) >= 11 is 0. The van der Waals surface area contributed by atoms with Gasteiger partial charge >= 0.3 is 0 Å². The molecule has 0 aliphatic heterocycles. The molecule has 0 saturated carbocycles. The van der Waals surface area contributed by atoms with Gasteiger partial charge in [0.1, 0.15) is 0 Å². The van der Waals surface area contributed by atoms with Crippen LogP contribution in [0.4, 0.5) is 5.69 Å². The van der Waals surface area contributed by atoms with E-state index in [2.05, 4.69) is 22.6 Å². The number of hydrogen-bond donors (Lipinski definition) is 1. The summed E-state index contributed by atoms with van der Waals surface area (Å²) in [5.74, 6) is -0.204. The van der Waals surface area contributed by atoms with Crippen LogP contribution in [0.5, 0.6) is 0 Å². The van der Waals surface area contributed by atoms with Gasteiger partial charge in [0, 0.05) is 5.69 Å². The predicted octanol–water partition coefficient (Wildman–Crippen LogP) is 3.47. The highest BCUT2D eigenvalue weighted by Crippen LogP contribution is 2.24. The summed E-state index contributed by atoms with van der Waals surface area (Å²) in [5.41, 5.74) is 5.64. The van der Waals surface area contributed by atoms with Crippen molar-refractivity contribution in [1.82, 2.24) is 0 Å². The first-order valence-electron chi connectivity index (χ1n) is 7.85. The lowest BCUT2D eigenvalue weighted by Crippen LogP contribution is -2.17. The Bertz CT molecular complexity index is 738. The Morgan fingerprint density at radius 1 is 1.22 bits per heavy atom. The van der Waals surface area contributed by atoms with E-state index in [0.717, 1.165) is 29.7 Å². The molecule has 2 aromatic carbocycles. The molecule has 0 fully saturated rings. The van der Waals surface area contributed by atoms with Crippen LogP contribution < -0.4 is 5.32 Å². The van der Waals surface area contributed by atoms with E-state index in [0.29, 0.717) is 0 Å². The highest BCUT2D eigenvalue weighted by Gasteiger charge is 2.11. The van der Waals surface area contributed by atoms with Gasteiger partial charge in [-0.05, 0) is 60.6 Å². The van der Waals surface area contributed by atoms with E-state index in [1.54, 1.807) is 6.21 Å². The molecule has 3 rings (SSSR count). The molecular weight excluding hydrogens is 288 g/mol. The lowest BCUT2D eigenvalue weighted by Gasteiger charge is -2.06. The summed E-state index contributed by atoms with van der Waals surface area (Å²) in [6.45, 7) is 1.90. The lowest BCUT2D eigenvalue weighted by molar-refractivity contribution is -0.120. The smallest absolute Gasteiger partial charge is 0.265 e. The SMILES string of the molecule is Cc1ccccc1/C=N/OCC(=O)Nc1ccc2c(c1)CCC2. The van der Waals surface area contributed by atoms with Crippen molar-refractivity contribution in [3.8, 4) is 0 Å². The van der Waals surface area contributed by atoms with Crippen molar-refractivity contribution >= 4 is 17.8 Å². The van der Waals surface area contributed by atoms with Crippen molar-refractivity contribution in [3.63, 3.8) is 0 Å². The minimum absolute atomic E-state index is 0.0978. The number of nitrogens with one attached hydrogen (secondary N) is 1. The van der Waals surface area contributed by atoms with Gasteiger partial charge in [-0.1, -0.05) is 35.5 Å². The lowest BCUT2D eigenvalue weighted by atomic mass is 10.1. The molecule has 2 aromatic rings. The molecule has 0 spiro atoms. The molecule has 0 aromatic heterocycles. The van der Waals surface area contributed by atoms with E-state index in [1.165, 1.54) is 17.5 Å². The van der Waals surface area contributed by atoms with Crippen LogP contribution in [-0.4, -0.2) is 18.7 Å². The molecule has 23 heavy (non-hydrogen) atoms. The molecule has 0 atom stereocenters. The number of carbonyl (C=O) groups is 1. The summed E-state index contributed by atoms with van der Waals surface area (Å²) in [7, 11) is 0. The Morgan fingerprint density at radius 2 is 2.04 bits per heavy atom. The first kappa shape index (κ1) is 15.3. The summed E-state index contributed by atoms with van der Waals surface area (Å²) in [5, 5.41) is 6.70. The molecular formula is C19H20N2O2. The number of rotatable bonds is 5. The molecule has 0 saturated heterocycles. The van der Waals surface area contributed by atoms with Gasteiger partial charge in [-0.3, -0.25) is 4.79 Å². The van der Waals surface area contributed by atoms with Crippen LogP contribution in [0.3, 0.4) is 0 Å². The normalized spacial score (nSPS) is 13.1. The van der Waals surface area contributed by atoms with Crippen LogP contribution in [0, 0.1) is 6.92 Å². The van der Waals surface area contributed by atoms with Crippen LogP contribution in [-0.2, 0) is 22.5 Å². The number of carbonyl (C=O) groups excluding carboxylic acids is 1. The summed E-state index contributed by atoms with van der Waals surface area (Å²) in [4.78, 5) is 17.0. The maximum absolute atomic E-state index is 11.9. The zero-order chi connectivity index (χ0) is 16.1. The number of amides is 1. The van der Waals surface area contributed by atoms with Gasteiger partial charge in [-0.15, -0.1) is 0 Å². The van der Waals surface area contributed by atoms with Gasteiger partial charge < -0.3 is 10.2 Å². The third kappa shape index (κ3) is 3.97. The molecule has 0 bridgehead atoms. The average Bonchev–Trinajstić information content (AvgIpc) is 3.01. The number of fused-ring (bicyclic) bond motifs is 1. The third-order valence-electron chi connectivity index (χ3n) is 4.03. The Hall–Kier alpha value is -2.62. The highest BCUT2D eigenvalue weighted by atomic mass is 16.6. The van der Waals surface area contributed by atoms with Gasteiger partial charge in [0.2, 0.25) is 0 Å². The monoisotopic (exact) mass is 308 g/mol. The molecule has 0 unspecified atom stereocenters. The second-order valence-electron chi connectivity index (χ2n) is 5.75. The summed E-state index contributed by atoms with van der Waals surface area (Å²) < 4.78 is 0. The molecule has 1 aliphatic rings. The van der Waals surface area contributed by atoms with E-state index >= 15 is 0 Å². The van der Waals surface area contributed by atoms with Crippen LogP contribution >= 0.6 is 0 Å². The van der Waals surface area contributed by atoms with E-state index < -0.39 is 0 Å². The average molecular weight is 308 g/mol. The first-order valence-corrected chi connectivity index (χ1v) is 7.85. The molecule has 0 radical (unpaired) electrons. The second kappa shape index (κ2) is 7.09. The highest BCUT2D eigenvalue weighted by molar-refractivity contribution is 5.92. The van der Waals surface area contributed by atoms with Crippen LogP contribution in [0.2, 0.25) is 0 Å². The molecule has 118 valence electrons. The fourth-order valence-electron chi connectivity index (χ4n) is 2.77. The standard InChI is InChI=1S/C19H20N2O2/c1-14-5-2-3-6-17(14)12-20-23-13-19(22)21-18-10-9-15-7-4-8-16(15)11-18/h2-3,5-6,9-12H,4,7-8,13H2,1H3,(H,21,22)/b20-12+. The number of aryl methyl sites for hydroxylation is 3. The zero-order valence-corrected chi connectivity index (χ0v) is 13.2. The maximum atomic E-state index is 11.9. The van der Waals surface area contributed by atoms with Gasteiger partial charge in [0.15, 0.2) is 6.61 Å². The fourth-order valence-corrected chi connectivity index (χ4v) is 2.77. The van der Waals surface area contributed by atoms with Gasteiger partial charge in [0.25, 0.3) is 5.91 Å². The van der Waals surface area contributed by atoms with Crippen molar-refractivity contribution in [2.24, 2.45) is 5.16 Å². The zero-order valence-electron chi connectivity index (χ0n) is 13.2. The van der Waals surface area contributed by atoms with Crippen molar-refractivity contribution in [1.29, 1.82) is 0 Å². The fraction of sp³-hybridized carbons (Fsp3) is 0.263. The van der Waals surface area contributed by atoms with Gasteiger partial charge in [-0.2, -0.15) is 0 Å². The summed E-state index contributed by atoms with van der Waals surface area (Å²) in [6, 6.07) is 14.0. The third-order valence-corrected chi connectivity index (χ3v) is 4.03. The molecule has 1 amide bonds. The molecule has 0 heterocycles. The van der Waals surface area contributed by atoms with E-state index in [9.17, 15) is 4.79 Å². The van der Waals surface area contributed by atoms with Crippen molar-refractivity contribution < 1.29 is 9.63 Å². The minimum atomic E-state index is -0.204. The molecule has 1 aliphatic carbocycles. The molecule has 1 N–H and O–H groups in total. The summed E-state index contributed by atoms with van der Waals surface area (Å²) in [6.07, 6.45) is 5.05. The number of hydrogen-bond acceptors (Lipinski definition) is 3. The van der Waals surface area contributed by atoms with E-state index in [1.807, 2.05) is 37.3 Å². The number of benzene rings is 2. The Labute approximate surface area is 136 Å². The number of nitrogens with zero attached hydrogens (tertiary/aromatic N) is 1. The number of anilines is 1. The molecule has 4 heteroatoms. The predicted molar refractivity (Wildman–Crippen MR) is 91.8 cm³/mol. The quantitative estimate of drug-likeness (QED) is 0.679.